The number of benzene rings is 2. The molecule has 0 heterocycles. The summed E-state index contributed by atoms with van der Waals surface area (Å²) in [6, 6.07) is 14.6. The molecular formula is C16H19NO. The van der Waals surface area contributed by atoms with Gasteiger partial charge in [0.1, 0.15) is 5.78 Å². The van der Waals surface area contributed by atoms with Gasteiger partial charge >= 0.3 is 0 Å². The van der Waals surface area contributed by atoms with E-state index in [0.717, 1.165) is 6.42 Å². The van der Waals surface area contributed by atoms with E-state index >= 15 is 0 Å². The minimum atomic E-state index is -0.0730. The summed E-state index contributed by atoms with van der Waals surface area (Å²) in [5.74, 6) is 0.269. The fourth-order valence-corrected chi connectivity index (χ4v) is 2.22. The summed E-state index contributed by atoms with van der Waals surface area (Å²) >= 11 is 0. The molecule has 1 unspecified atom stereocenters. The first-order valence-electron chi connectivity index (χ1n) is 6.42. The minimum Gasteiger partial charge on any atom is -0.310 e. The normalized spacial score (nSPS) is 12.6. The van der Waals surface area contributed by atoms with Gasteiger partial charge in [-0.2, -0.15) is 0 Å². The van der Waals surface area contributed by atoms with E-state index in [1.807, 2.05) is 26.1 Å². The number of ketones is 1. The van der Waals surface area contributed by atoms with Crippen LogP contribution in [0, 0.1) is 0 Å². The predicted molar refractivity (Wildman–Crippen MR) is 75.8 cm³/mol. The van der Waals surface area contributed by atoms with Crippen molar-refractivity contribution in [1.29, 1.82) is 0 Å². The van der Waals surface area contributed by atoms with E-state index in [2.05, 4.69) is 35.6 Å². The molecule has 0 fully saturated rings. The summed E-state index contributed by atoms with van der Waals surface area (Å²) in [7, 11) is 1.85. The molecule has 18 heavy (non-hydrogen) atoms. The Hall–Kier alpha value is -1.67. The summed E-state index contributed by atoms with van der Waals surface area (Å²) in [6.07, 6.45) is 1.34. The number of hydrogen-bond acceptors (Lipinski definition) is 2. The van der Waals surface area contributed by atoms with Crippen LogP contribution in [0.15, 0.2) is 42.5 Å². The Labute approximate surface area is 108 Å². The molecule has 2 nitrogen and oxygen atoms in total. The molecule has 1 atom stereocenters. The molecule has 2 heteroatoms. The van der Waals surface area contributed by atoms with Crippen molar-refractivity contribution in [2.75, 3.05) is 7.05 Å². The second kappa shape index (κ2) is 5.78. The highest BCUT2D eigenvalue weighted by Crippen LogP contribution is 2.17. The lowest BCUT2D eigenvalue weighted by Crippen LogP contribution is -2.35. The third kappa shape index (κ3) is 2.77. The van der Waals surface area contributed by atoms with Crippen LogP contribution in [0.4, 0.5) is 0 Å². The van der Waals surface area contributed by atoms with Crippen LogP contribution in [0.1, 0.15) is 18.9 Å². The van der Waals surface area contributed by atoms with Crippen LogP contribution in [-0.2, 0) is 11.2 Å². The highest BCUT2D eigenvalue weighted by Gasteiger charge is 2.14. The van der Waals surface area contributed by atoms with Crippen LogP contribution in [-0.4, -0.2) is 18.9 Å². The van der Waals surface area contributed by atoms with Gasteiger partial charge in [0, 0.05) is 6.42 Å². The molecule has 0 saturated heterocycles. The van der Waals surface area contributed by atoms with Crippen molar-refractivity contribution < 1.29 is 4.79 Å². The van der Waals surface area contributed by atoms with Crippen molar-refractivity contribution in [2.24, 2.45) is 0 Å². The average Bonchev–Trinajstić information content (AvgIpc) is 2.43. The molecule has 2 aromatic carbocycles. The fourth-order valence-electron chi connectivity index (χ4n) is 2.22. The number of nitrogens with one attached hydrogen (secondary N) is 1. The van der Waals surface area contributed by atoms with E-state index in [1.165, 1.54) is 16.3 Å². The van der Waals surface area contributed by atoms with E-state index < -0.39 is 0 Å². The first-order chi connectivity index (χ1) is 8.74. The lowest BCUT2D eigenvalue weighted by Gasteiger charge is -2.14. The predicted octanol–water partition coefficient (Wildman–Crippen LogP) is 2.95. The SMILES string of the molecule is CCC(=O)C(Cc1ccc2ccccc2c1)NC. The molecule has 0 amide bonds. The second-order valence-corrected chi connectivity index (χ2v) is 4.55. The third-order valence-corrected chi connectivity index (χ3v) is 3.34. The van der Waals surface area contributed by atoms with E-state index in [9.17, 15) is 4.79 Å². The number of rotatable bonds is 5. The molecule has 0 aliphatic heterocycles. The zero-order chi connectivity index (χ0) is 13.0. The Bertz CT molecular complexity index is 548. The lowest BCUT2D eigenvalue weighted by atomic mass is 9.99. The minimum absolute atomic E-state index is 0.0730. The number of hydrogen-bond donors (Lipinski definition) is 1. The van der Waals surface area contributed by atoms with Gasteiger partial charge in [0.15, 0.2) is 0 Å². The van der Waals surface area contributed by atoms with Crippen LogP contribution in [0.25, 0.3) is 10.8 Å². The molecule has 0 saturated carbocycles. The van der Waals surface area contributed by atoms with Crippen molar-refractivity contribution in [3.8, 4) is 0 Å². The summed E-state index contributed by atoms with van der Waals surface area (Å²) in [5.41, 5.74) is 1.20. The zero-order valence-electron chi connectivity index (χ0n) is 10.9. The van der Waals surface area contributed by atoms with E-state index in [1.54, 1.807) is 0 Å². The Kier molecular flexibility index (Phi) is 4.11. The molecule has 1 N–H and O–H groups in total. The van der Waals surface area contributed by atoms with Crippen LogP contribution in [0.2, 0.25) is 0 Å². The summed E-state index contributed by atoms with van der Waals surface area (Å²) in [4.78, 5) is 11.7. The molecule has 0 bridgehead atoms. The molecule has 0 aliphatic rings. The van der Waals surface area contributed by atoms with Crippen LogP contribution < -0.4 is 5.32 Å². The van der Waals surface area contributed by atoms with Gasteiger partial charge in [-0.3, -0.25) is 4.79 Å². The fraction of sp³-hybridized carbons (Fsp3) is 0.312. The molecular weight excluding hydrogens is 222 g/mol. The monoisotopic (exact) mass is 241 g/mol. The van der Waals surface area contributed by atoms with E-state index in [-0.39, 0.29) is 11.8 Å². The van der Waals surface area contributed by atoms with Gasteiger partial charge in [-0.1, -0.05) is 49.4 Å². The number of Topliss-reactive ketones (excluding diaryl/α,β-unsaturated/α-hetero) is 1. The molecule has 2 rings (SSSR count). The topological polar surface area (TPSA) is 29.1 Å². The standard InChI is InChI=1S/C16H19NO/c1-3-16(18)15(17-2)11-12-8-9-13-6-4-5-7-14(13)10-12/h4-10,15,17H,3,11H2,1-2H3. The number of fused-ring (bicyclic) bond motifs is 1. The van der Waals surface area contributed by atoms with Crippen LogP contribution in [0.5, 0.6) is 0 Å². The zero-order valence-corrected chi connectivity index (χ0v) is 10.9. The number of carbonyl (C=O) groups is 1. The molecule has 0 radical (unpaired) electrons. The number of carbonyl (C=O) groups excluding carboxylic acids is 1. The highest BCUT2D eigenvalue weighted by atomic mass is 16.1. The largest absolute Gasteiger partial charge is 0.310 e. The summed E-state index contributed by atoms with van der Waals surface area (Å²) in [6.45, 7) is 1.91. The number of likely N-dealkylation sites (N-methyl/N-ethyl adjacent to an activating group) is 1. The maximum absolute atomic E-state index is 11.7. The summed E-state index contributed by atoms with van der Waals surface area (Å²) < 4.78 is 0. The maximum Gasteiger partial charge on any atom is 0.149 e. The third-order valence-electron chi connectivity index (χ3n) is 3.34. The Morgan fingerprint density at radius 2 is 1.89 bits per heavy atom. The van der Waals surface area contributed by atoms with Crippen LogP contribution in [0.3, 0.4) is 0 Å². The highest BCUT2D eigenvalue weighted by molar-refractivity contribution is 5.85. The van der Waals surface area contributed by atoms with Crippen molar-refractivity contribution in [3.05, 3.63) is 48.0 Å². The van der Waals surface area contributed by atoms with Gasteiger partial charge in [-0.25, -0.2) is 0 Å². The molecule has 0 spiro atoms. The van der Waals surface area contributed by atoms with Crippen LogP contribution >= 0.6 is 0 Å². The van der Waals surface area contributed by atoms with Gasteiger partial charge in [-0.15, -0.1) is 0 Å². The van der Waals surface area contributed by atoms with Crippen molar-refractivity contribution in [3.63, 3.8) is 0 Å². The van der Waals surface area contributed by atoms with Gasteiger partial charge < -0.3 is 5.32 Å². The first kappa shape index (κ1) is 12.8. The summed E-state index contributed by atoms with van der Waals surface area (Å²) in [5, 5.41) is 5.57. The quantitative estimate of drug-likeness (QED) is 0.872. The molecule has 2 aromatic rings. The molecule has 0 aliphatic carbocycles. The van der Waals surface area contributed by atoms with Gasteiger partial charge in [0.2, 0.25) is 0 Å². The van der Waals surface area contributed by atoms with E-state index in [4.69, 9.17) is 0 Å². The Morgan fingerprint density at radius 3 is 2.56 bits per heavy atom. The van der Waals surface area contributed by atoms with Crippen molar-refractivity contribution in [1.82, 2.24) is 5.32 Å². The first-order valence-corrected chi connectivity index (χ1v) is 6.42. The Morgan fingerprint density at radius 1 is 1.17 bits per heavy atom. The average molecular weight is 241 g/mol. The lowest BCUT2D eigenvalue weighted by molar-refractivity contribution is -0.120. The molecule has 94 valence electrons. The van der Waals surface area contributed by atoms with Gasteiger partial charge in [0.25, 0.3) is 0 Å². The van der Waals surface area contributed by atoms with Gasteiger partial charge in [0.05, 0.1) is 6.04 Å². The van der Waals surface area contributed by atoms with Crippen molar-refractivity contribution >= 4 is 16.6 Å². The smallest absolute Gasteiger partial charge is 0.149 e. The second-order valence-electron chi connectivity index (χ2n) is 4.55. The molecule has 0 aromatic heterocycles. The van der Waals surface area contributed by atoms with E-state index in [0.29, 0.717) is 6.42 Å². The Balaban J connectivity index is 2.23. The maximum atomic E-state index is 11.7. The van der Waals surface area contributed by atoms with Crippen molar-refractivity contribution in [2.45, 2.75) is 25.8 Å². The van der Waals surface area contributed by atoms with Gasteiger partial charge in [-0.05, 0) is 29.8 Å².